The lowest BCUT2D eigenvalue weighted by molar-refractivity contribution is 0.0721. The van der Waals surface area contributed by atoms with Crippen molar-refractivity contribution in [2.45, 2.75) is 13.5 Å². The number of hydrogen-bond acceptors (Lipinski definition) is 3. The highest BCUT2D eigenvalue weighted by Crippen LogP contribution is 2.24. The quantitative estimate of drug-likeness (QED) is 0.628. The topological polar surface area (TPSA) is 36.7 Å². The number of hydrogen-bond donors (Lipinski definition) is 0. The molecule has 0 N–H and O–H groups in total. The molecule has 1 aromatic heterocycles. The number of anilines is 1. The summed E-state index contributed by atoms with van der Waals surface area (Å²) in [6.07, 6.45) is 0. The second-order valence-electron chi connectivity index (χ2n) is 6.55. The van der Waals surface area contributed by atoms with Crippen LogP contribution in [0.1, 0.15) is 23.0 Å². The first-order valence-electron chi connectivity index (χ1n) is 8.89. The van der Waals surface area contributed by atoms with Gasteiger partial charge in [-0.1, -0.05) is 12.1 Å². The zero-order chi connectivity index (χ0) is 19.4. The molecule has 0 aliphatic heterocycles. The lowest BCUT2D eigenvalue weighted by atomic mass is 10.2. The van der Waals surface area contributed by atoms with Crippen molar-refractivity contribution in [2.75, 3.05) is 25.5 Å². The number of furan rings is 1. The van der Waals surface area contributed by atoms with Crippen molar-refractivity contribution in [2.24, 2.45) is 0 Å². The molecule has 0 bridgehead atoms. The molecule has 3 aromatic rings. The summed E-state index contributed by atoms with van der Waals surface area (Å²) in [6.45, 7) is 3.02. The standard InChI is InChI=1S/C22H23FN2O2/c1-4-25(15-16-5-11-19(12-6-16)24(2)3)22(26)21-14-13-20(27-21)17-7-9-18(23)10-8-17/h5-14H,4,15H2,1-3H3. The van der Waals surface area contributed by atoms with Gasteiger partial charge in [-0.05, 0) is 61.0 Å². The zero-order valence-electron chi connectivity index (χ0n) is 15.8. The van der Waals surface area contributed by atoms with Gasteiger partial charge in [0.05, 0.1) is 0 Å². The molecular formula is C22H23FN2O2. The number of nitrogens with zero attached hydrogens (tertiary/aromatic N) is 2. The van der Waals surface area contributed by atoms with Crippen molar-refractivity contribution < 1.29 is 13.6 Å². The molecule has 2 aromatic carbocycles. The highest BCUT2D eigenvalue weighted by Gasteiger charge is 2.19. The number of rotatable bonds is 6. The first-order chi connectivity index (χ1) is 13.0. The Labute approximate surface area is 158 Å². The van der Waals surface area contributed by atoms with E-state index >= 15 is 0 Å². The molecule has 5 heteroatoms. The average Bonchev–Trinajstić information content (AvgIpc) is 3.16. The summed E-state index contributed by atoms with van der Waals surface area (Å²) in [5, 5.41) is 0. The maximum absolute atomic E-state index is 13.1. The minimum atomic E-state index is -0.306. The van der Waals surface area contributed by atoms with E-state index in [1.54, 1.807) is 29.2 Å². The van der Waals surface area contributed by atoms with Crippen LogP contribution in [0.4, 0.5) is 10.1 Å². The molecule has 0 aliphatic carbocycles. The van der Waals surface area contributed by atoms with Gasteiger partial charge in [0.1, 0.15) is 11.6 Å². The van der Waals surface area contributed by atoms with Crippen LogP contribution < -0.4 is 4.90 Å². The van der Waals surface area contributed by atoms with Crippen LogP contribution in [-0.2, 0) is 6.54 Å². The van der Waals surface area contributed by atoms with Gasteiger partial charge in [-0.25, -0.2) is 4.39 Å². The summed E-state index contributed by atoms with van der Waals surface area (Å²) in [5.41, 5.74) is 2.90. The maximum atomic E-state index is 13.1. The molecule has 4 nitrogen and oxygen atoms in total. The lowest BCUT2D eigenvalue weighted by Gasteiger charge is -2.20. The van der Waals surface area contributed by atoms with Crippen LogP contribution in [0.5, 0.6) is 0 Å². The summed E-state index contributed by atoms with van der Waals surface area (Å²) < 4.78 is 18.8. The normalized spacial score (nSPS) is 10.7. The van der Waals surface area contributed by atoms with Crippen LogP contribution in [0.15, 0.2) is 65.1 Å². The fourth-order valence-electron chi connectivity index (χ4n) is 2.83. The Kier molecular flexibility index (Phi) is 5.60. The molecule has 0 saturated carbocycles. The Morgan fingerprint density at radius 1 is 0.963 bits per heavy atom. The van der Waals surface area contributed by atoms with Crippen LogP contribution in [-0.4, -0.2) is 31.4 Å². The van der Waals surface area contributed by atoms with E-state index < -0.39 is 0 Å². The molecule has 0 fully saturated rings. The summed E-state index contributed by atoms with van der Waals surface area (Å²) >= 11 is 0. The number of halogens is 1. The van der Waals surface area contributed by atoms with Gasteiger partial charge in [-0.15, -0.1) is 0 Å². The Bertz CT molecular complexity index is 899. The SMILES string of the molecule is CCN(Cc1ccc(N(C)C)cc1)C(=O)c1ccc(-c2ccc(F)cc2)o1. The Morgan fingerprint density at radius 2 is 1.63 bits per heavy atom. The van der Waals surface area contributed by atoms with Crippen molar-refractivity contribution in [3.63, 3.8) is 0 Å². The number of amides is 1. The molecule has 0 unspecified atom stereocenters. The van der Waals surface area contributed by atoms with Gasteiger partial charge in [0.2, 0.25) is 0 Å². The fourth-order valence-corrected chi connectivity index (χ4v) is 2.83. The molecule has 0 saturated heterocycles. The third-order valence-electron chi connectivity index (χ3n) is 4.44. The van der Waals surface area contributed by atoms with Crippen LogP contribution in [0.3, 0.4) is 0 Å². The summed E-state index contributed by atoms with van der Waals surface area (Å²) in [4.78, 5) is 16.6. The lowest BCUT2D eigenvalue weighted by Crippen LogP contribution is -2.30. The fraction of sp³-hybridized carbons (Fsp3) is 0.227. The van der Waals surface area contributed by atoms with Gasteiger partial charge < -0.3 is 14.2 Å². The molecule has 27 heavy (non-hydrogen) atoms. The zero-order valence-corrected chi connectivity index (χ0v) is 15.8. The van der Waals surface area contributed by atoms with Gasteiger partial charge in [0, 0.05) is 38.4 Å². The van der Waals surface area contributed by atoms with E-state index in [2.05, 4.69) is 0 Å². The van der Waals surface area contributed by atoms with E-state index in [9.17, 15) is 9.18 Å². The number of benzene rings is 2. The Balaban J connectivity index is 1.74. The predicted octanol–water partition coefficient (Wildman–Crippen LogP) is 4.81. The maximum Gasteiger partial charge on any atom is 0.289 e. The van der Waals surface area contributed by atoms with Crippen molar-refractivity contribution in [3.8, 4) is 11.3 Å². The van der Waals surface area contributed by atoms with Gasteiger partial charge >= 0.3 is 0 Å². The summed E-state index contributed by atoms with van der Waals surface area (Å²) in [7, 11) is 3.99. The third kappa shape index (κ3) is 4.37. The first kappa shape index (κ1) is 18.7. The minimum absolute atomic E-state index is 0.164. The molecule has 140 valence electrons. The van der Waals surface area contributed by atoms with Crippen molar-refractivity contribution in [3.05, 3.63) is 77.8 Å². The summed E-state index contributed by atoms with van der Waals surface area (Å²) in [6, 6.07) is 17.5. The van der Waals surface area contributed by atoms with E-state index in [-0.39, 0.29) is 17.5 Å². The minimum Gasteiger partial charge on any atom is -0.451 e. The van der Waals surface area contributed by atoms with Crippen molar-refractivity contribution in [1.29, 1.82) is 0 Å². The molecule has 0 atom stereocenters. The smallest absolute Gasteiger partial charge is 0.289 e. The van der Waals surface area contributed by atoms with Gasteiger partial charge in [-0.3, -0.25) is 4.79 Å². The first-order valence-corrected chi connectivity index (χ1v) is 8.89. The largest absolute Gasteiger partial charge is 0.451 e. The van der Waals surface area contributed by atoms with Crippen LogP contribution in [0.2, 0.25) is 0 Å². The highest BCUT2D eigenvalue weighted by molar-refractivity contribution is 5.92. The number of carbonyl (C=O) groups excluding carboxylic acids is 1. The second-order valence-corrected chi connectivity index (χ2v) is 6.55. The molecule has 0 aliphatic rings. The van der Waals surface area contributed by atoms with Crippen molar-refractivity contribution in [1.82, 2.24) is 4.90 Å². The van der Waals surface area contributed by atoms with E-state index in [0.29, 0.717) is 18.8 Å². The Hall–Kier alpha value is -3.08. The molecule has 3 rings (SSSR count). The van der Waals surface area contributed by atoms with Crippen molar-refractivity contribution >= 4 is 11.6 Å². The average molecular weight is 366 g/mol. The molecular weight excluding hydrogens is 343 g/mol. The van der Waals surface area contributed by atoms with E-state index in [1.165, 1.54) is 12.1 Å². The van der Waals surface area contributed by atoms with Crippen LogP contribution in [0, 0.1) is 5.82 Å². The monoisotopic (exact) mass is 366 g/mol. The molecule has 1 heterocycles. The highest BCUT2D eigenvalue weighted by atomic mass is 19.1. The van der Waals surface area contributed by atoms with E-state index in [4.69, 9.17) is 4.42 Å². The molecule has 0 spiro atoms. The predicted molar refractivity (Wildman–Crippen MR) is 105 cm³/mol. The van der Waals surface area contributed by atoms with E-state index in [0.717, 1.165) is 16.8 Å². The molecule has 0 radical (unpaired) electrons. The van der Waals surface area contributed by atoms with Gasteiger partial charge in [0.15, 0.2) is 5.76 Å². The van der Waals surface area contributed by atoms with Crippen LogP contribution in [0.25, 0.3) is 11.3 Å². The Morgan fingerprint density at radius 3 is 2.22 bits per heavy atom. The second kappa shape index (κ2) is 8.08. The summed E-state index contributed by atoms with van der Waals surface area (Å²) in [5.74, 6) is 0.354. The van der Waals surface area contributed by atoms with Crippen LogP contribution >= 0.6 is 0 Å². The van der Waals surface area contributed by atoms with Gasteiger partial charge in [-0.2, -0.15) is 0 Å². The van der Waals surface area contributed by atoms with E-state index in [1.807, 2.05) is 50.2 Å². The molecule has 1 amide bonds. The number of carbonyl (C=O) groups is 1. The third-order valence-corrected chi connectivity index (χ3v) is 4.44. The van der Waals surface area contributed by atoms with Gasteiger partial charge in [0.25, 0.3) is 5.91 Å².